The molecule has 12 heteroatoms. The number of aliphatic hydroxyl groups is 2. The molecule has 2 saturated heterocycles. The number of nitrogens with one attached hydrogen (secondary N) is 1. The summed E-state index contributed by atoms with van der Waals surface area (Å²) in [6.07, 6.45) is 4.49. The van der Waals surface area contributed by atoms with Crippen LogP contribution in [0.2, 0.25) is 0 Å². The fourth-order valence-corrected chi connectivity index (χ4v) is 7.35. The van der Waals surface area contributed by atoms with E-state index in [2.05, 4.69) is 79.3 Å². The summed E-state index contributed by atoms with van der Waals surface area (Å²) in [4.78, 5) is 2.45. The quantitative estimate of drug-likeness (QED) is 0.115. The summed E-state index contributed by atoms with van der Waals surface area (Å²) < 4.78 is 41.6. The molecule has 0 bridgehead atoms. The van der Waals surface area contributed by atoms with Gasteiger partial charge in [0.1, 0.15) is 11.5 Å². The van der Waals surface area contributed by atoms with Crippen LogP contribution < -0.4 is 14.8 Å². The molecule has 0 saturated carbocycles. The first kappa shape index (κ1) is 44.9. The Balaban J connectivity index is 0.000000208. The van der Waals surface area contributed by atoms with Crippen molar-refractivity contribution in [1.82, 2.24) is 10.2 Å². The fourth-order valence-electron chi connectivity index (χ4n) is 6.24. The highest BCUT2D eigenvalue weighted by atomic mass is 79.9. The lowest BCUT2D eigenvalue weighted by Crippen LogP contribution is -2.39. The summed E-state index contributed by atoms with van der Waals surface area (Å²) in [5, 5.41) is 21.8. The third-order valence-electron chi connectivity index (χ3n) is 9.69. The van der Waals surface area contributed by atoms with E-state index in [9.17, 15) is 13.5 Å². The molecular formula is C43H56Br2N2O7S. The molecular weight excluding hydrogens is 848 g/mol. The normalized spacial score (nSPS) is 16.5. The van der Waals surface area contributed by atoms with Crippen LogP contribution in [0.4, 0.5) is 0 Å². The highest BCUT2D eigenvalue weighted by Gasteiger charge is 2.22. The zero-order valence-electron chi connectivity index (χ0n) is 32.1. The van der Waals surface area contributed by atoms with E-state index >= 15 is 0 Å². The maximum absolute atomic E-state index is 11.3. The third kappa shape index (κ3) is 16.3. The van der Waals surface area contributed by atoms with Crippen LogP contribution in [0.1, 0.15) is 59.8 Å². The Morgan fingerprint density at radius 2 is 1.13 bits per heavy atom. The maximum atomic E-state index is 11.3. The molecule has 4 aromatic rings. The zero-order chi connectivity index (χ0) is 39.6. The lowest BCUT2D eigenvalue weighted by atomic mass is 9.97. The van der Waals surface area contributed by atoms with E-state index in [1.165, 1.54) is 5.56 Å². The summed E-state index contributed by atoms with van der Waals surface area (Å²) in [6, 6.07) is 32.0. The molecule has 0 radical (unpaired) electrons. The lowest BCUT2D eigenvalue weighted by molar-refractivity contribution is 0.0763. The van der Waals surface area contributed by atoms with Gasteiger partial charge in [-0.25, -0.2) is 0 Å². The fraction of sp³-hybridized carbons (Fsp3) is 0.442. The SMILES string of the molecule is Cc1c(Br)cccc1OCC(CN1CCC(O)CC1)c1ccccc1.Cc1c(Br)cccc1OCC(COS(C)(=O)=O)c1ccccc1.OC1CCNCC1. The first-order valence-corrected chi connectivity index (χ1v) is 22.3. The molecule has 300 valence electrons. The minimum absolute atomic E-state index is 0.0266. The zero-order valence-corrected chi connectivity index (χ0v) is 36.1. The van der Waals surface area contributed by atoms with Crippen molar-refractivity contribution < 1.29 is 32.3 Å². The van der Waals surface area contributed by atoms with Gasteiger partial charge in [0, 0.05) is 51.5 Å². The number of piperidine rings is 2. The number of likely N-dealkylation sites (tertiary alicyclic amines) is 1. The van der Waals surface area contributed by atoms with Crippen molar-refractivity contribution in [2.45, 2.75) is 63.6 Å². The summed E-state index contributed by atoms with van der Waals surface area (Å²) in [6.45, 7) is 9.92. The Hall–Kier alpha value is -2.81. The number of rotatable bonds is 13. The molecule has 2 heterocycles. The van der Waals surface area contributed by atoms with Crippen molar-refractivity contribution in [2.75, 3.05) is 58.8 Å². The van der Waals surface area contributed by atoms with Crippen molar-refractivity contribution in [3.8, 4) is 11.5 Å². The molecule has 0 amide bonds. The topological polar surface area (TPSA) is 118 Å². The largest absolute Gasteiger partial charge is 0.493 e. The van der Waals surface area contributed by atoms with Gasteiger partial charge >= 0.3 is 0 Å². The number of ether oxygens (including phenoxy) is 2. The van der Waals surface area contributed by atoms with Gasteiger partial charge in [0.25, 0.3) is 10.1 Å². The molecule has 3 N–H and O–H groups in total. The number of hydrogen-bond donors (Lipinski definition) is 3. The molecule has 2 unspecified atom stereocenters. The maximum Gasteiger partial charge on any atom is 0.264 e. The molecule has 0 spiro atoms. The van der Waals surface area contributed by atoms with Crippen LogP contribution in [0.5, 0.6) is 11.5 Å². The standard InChI is InChI=1S/C21H26BrNO2.C17H19BrO4S.C5H11NO/c1-16-20(22)8-5-9-21(16)25-15-18(17-6-3-2-4-7-17)14-23-12-10-19(24)11-13-23;1-13-16(18)9-6-10-17(13)21-11-15(12-22-23(2,19)20)14-7-4-3-5-8-14;7-5-1-3-6-4-2-5/h2-9,18-19,24H,10-15H2,1H3;3-10,15H,11-12H2,1-2H3;5-7H,1-4H2. The van der Waals surface area contributed by atoms with Gasteiger partial charge in [-0.2, -0.15) is 8.42 Å². The van der Waals surface area contributed by atoms with Crippen molar-refractivity contribution in [2.24, 2.45) is 0 Å². The van der Waals surface area contributed by atoms with Gasteiger partial charge in [0.05, 0.1) is 38.3 Å². The van der Waals surface area contributed by atoms with E-state index in [1.807, 2.05) is 73.7 Å². The minimum atomic E-state index is -3.49. The molecule has 0 aliphatic carbocycles. The van der Waals surface area contributed by atoms with Gasteiger partial charge in [0.15, 0.2) is 0 Å². The minimum Gasteiger partial charge on any atom is -0.493 e. The Labute approximate surface area is 344 Å². The van der Waals surface area contributed by atoms with E-state index in [1.54, 1.807) is 0 Å². The summed E-state index contributed by atoms with van der Waals surface area (Å²) in [7, 11) is -3.49. The molecule has 2 fully saturated rings. The summed E-state index contributed by atoms with van der Waals surface area (Å²) >= 11 is 7.04. The molecule has 9 nitrogen and oxygen atoms in total. The first-order chi connectivity index (χ1) is 26.4. The van der Waals surface area contributed by atoms with E-state index < -0.39 is 10.1 Å². The Kier molecular flexibility index (Phi) is 19.1. The average molecular weight is 905 g/mol. The van der Waals surface area contributed by atoms with Gasteiger partial charge in [-0.05, 0) is 88.0 Å². The smallest absolute Gasteiger partial charge is 0.264 e. The van der Waals surface area contributed by atoms with Gasteiger partial charge in [-0.15, -0.1) is 0 Å². The second-order valence-electron chi connectivity index (χ2n) is 14.1. The Morgan fingerprint density at radius 1 is 0.673 bits per heavy atom. The van der Waals surface area contributed by atoms with Gasteiger partial charge in [-0.1, -0.05) is 105 Å². The molecule has 55 heavy (non-hydrogen) atoms. The van der Waals surface area contributed by atoms with Gasteiger partial charge in [-0.3, -0.25) is 4.18 Å². The number of benzene rings is 4. The Bertz CT molecular complexity index is 1800. The number of hydrogen-bond acceptors (Lipinski definition) is 9. The monoisotopic (exact) mass is 902 g/mol. The van der Waals surface area contributed by atoms with E-state index in [4.69, 9.17) is 18.8 Å². The second kappa shape index (κ2) is 23.4. The van der Waals surface area contributed by atoms with Crippen molar-refractivity contribution in [1.29, 1.82) is 0 Å². The van der Waals surface area contributed by atoms with Crippen LogP contribution in [-0.2, 0) is 14.3 Å². The highest BCUT2D eigenvalue weighted by Crippen LogP contribution is 2.29. The number of aliphatic hydroxyl groups excluding tert-OH is 2. The van der Waals surface area contributed by atoms with Crippen LogP contribution in [0.15, 0.2) is 106 Å². The summed E-state index contributed by atoms with van der Waals surface area (Å²) in [5.74, 6) is 1.84. The molecule has 0 aromatic heterocycles. The second-order valence-corrected chi connectivity index (χ2v) is 17.4. The van der Waals surface area contributed by atoms with Crippen molar-refractivity contribution in [3.63, 3.8) is 0 Å². The Morgan fingerprint density at radius 3 is 1.58 bits per heavy atom. The van der Waals surface area contributed by atoms with Crippen LogP contribution in [0, 0.1) is 13.8 Å². The summed E-state index contributed by atoms with van der Waals surface area (Å²) in [5.41, 5.74) is 4.42. The number of halogens is 2. The molecule has 4 aromatic carbocycles. The van der Waals surface area contributed by atoms with Crippen LogP contribution in [-0.4, -0.2) is 94.5 Å². The molecule has 6 rings (SSSR count). The van der Waals surface area contributed by atoms with Crippen LogP contribution in [0.3, 0.4) is 0 Å². The van der Waals surface area contributed by atoms with E-state index in [0.717, 1.165) is 102 Å². The van der Waals surface area contributed by atoms with Gasteiger partial charge in [0.2, 0.25) is 0 Å². The highest BCUT2D eigenvalue weighted by molar-refractivity contribution is 9.10. The first-order valence-electron chi connectivity index (χ1n) is 18.9. The van der Waals surface area contributed by atoms with E-state index in [0.29, 0.717) is 19.1 Å². The molecule has 2 aliphatic rings. The predicted octanol–water partition coefficient (Wildman–Crippen LogP) is 8.00. The molecule has 2 atom stereocenters. The average Bonchev–Trinajstić information content (AvgIpc) is 3.18. The van der Waals surface area contributed by atoms with Crippen molar-refractivity contribution in [3.05, 3.63) is 128 Å². The third-order valence-corrected chi connectivity index (χ3v) is 12.0. The van der Waals surface area contributed by atoms with E-state index in [-0.39, 0.29) is 24.7 Å². The molecule has 2 aliphatic heterocycles. The predicted molar refractivity (Wildman–Crippen MR) is 228 cm³/mol. The lowest BCUT2D eigenvalue weighted by Gasteiger charge is -2.32. The van der Waals surface area contributed by atoms with Crippen LogP contribution >= 0.6 is 31.9 Å². The number of nitrogens with zero attached hydrogens (tertiary/aromatic N) is 1. The van der Waals surface area contributed by atoms with Gasteiger partial charge < -0.3 is 29.9 Å². The van der Waals surface area contributed by atoms with Crippen molar-refractivity contribution >= 4 is 42.0 Å². The van der Waals surface area contributed by atoms with Crippen LogP contribution in [0.25, 0.3) is 0 Å².